The van der Waals surface area contributed by atoms with E-state index in [9.17, 15) is 8.42 Å². The molecule has 0 aliphatic heterocycles. The number of nitrogens with zero attached hydrogens (tertiary/aromatic N) is 1. The van der Waals surface area contributed by atoms with Crippen LogP contribution in [0.25, 0.3) is 0 Å². The molecule has 0 aliphatic rings. The molecular formula is C12H9Cl3N2O2S. The zero-order chi connectivity index (χ0) is 14.8. The SMILES string of the molecule is O=S(=O)(NCc1cccnc1)c1cc(Cl)c(Cl)cc1Cl. The van der Waals surface area contributed by atoms with Crippen molar-refractivity contribution in [2.75, 3.05) is 0 Å². The fraction of sp³-hybridized carbons (Fsp3) is 0.0833. The average molecular weight is 352 g/mol. The number of rotatable bonds is 4. The van der Waals surface area contributed by atoms with E-state index in [1.807, 2.05) is 0 Å². The van der Waals surface area contributed by atoms with E-state index < -0.39 is 10.0 Å². The second-order valence-corrected chi connectivity index (χ2v) is 6.84. The van der Waals surface area contributed by atoms with E-state index >= 15 is 0 Å². The number of nitrogens with one attached hydrogen (secondary N) is 1. The fourth-order valence-electron chi connectivity index (χ4n) is 1.47. The van der Waals surface area contributed by atoms with Gasteiger partial charge in [0.2, 0.25) is 10.0 Å². The first-order chi connectivity index (χ1) is 9.40. The largest absolute Gasteiger partial charge is 0.264 e. The topological polar surface area (TPSA) is 59.1 Å². The van der Waals surface area contributed by atoms with E-state index in [4.69, 9.17) is 34.8 Å². The molecule has 0 unspecified atom stereocenters. The molecule has 0 saturated carbocycles. The Hall–Kier alpha value is -0.850. The Balaban J connectivity index is 2.25. The van der Waals surface area contributed by atoms with Crippen molar-refractivity contribution in [3.05, 3.63) is 57.3 Å². The lowest BCUT2D eigenvalue weighted by Gasteiger charge is -2.09. The molecule has 0 spiro atoms. The van der Waals surface area contributed by atoms with E-state index in [0.717, 1.165) is 5.56 Å². The highest BCUT2D eigenvalue weighted by Gasteiger charge is 2.19. The Labute approximate surface area is 131 Å². The lowest BCUT2D eigenvalue weighted by molar-refractivity contribution is 0.581. The van der Waals surface area contributed by atoms with Crippen molar-refractivity contribution in [1.29, 1.82) is 0 Å². The summed E-state index contributed by atoms with van der Waals surface area (Å²) in [5.74, 6) is 0. The Morgan fingerprint density at radius 2 is 1.80 bits per heavy atom. The van der Waals surface area contributed by atoms with Crippen molar-refractivity contribution in [2.45, 2.75) is 11.4 Å². The molecule has 0 bridgehead atoms. The molecular weight excluding hydrogens is 343 g/mol. The first-order valence-corrected chi connectivity index (χ1v) is 8.05. The van der Waals surface area contributed by atoms with Crippen LogP contribution in [0.3, 0.4) is 0 Å². The number of hydrogen-bond donors (Lipinski definition) is 1. The predicted octanol–water partition coefficient (Wildman–Crippen LogP) is 3.52. The molecule has 1 aromatic heterocycles. The molecule has 1 heterocycles. The van der Waals surface area contributed by atoms with Crippen LogP contribution in [-0.2, 0) is 16.6 Å². The van der Waals surface area contributed by atoms with Gasteiger partial charge in [0, 0.05) is 18.9 Å². The molecule has 1 N–H and O–H groups in total. The number of pyridine rings is 1. The summed E-state index contributed by atoms with van der Waals surface area (Å²) in [6.45, 7) is 0.104. The van der Waals surface area contributed by atoms with E-state index in [1.54, 1.807) is 24.5 Å². The smallest absolute Gasteiger partial charge is 0.242 e. The second kappa shape index (κ2) is 6.28. The van der Waals surface area contributed by atoms with Crippen molar-refractivity contribution in [2.24, 2.45) is 0 Å². The van der Waals surface area contributed by atoms with E-state index in [1.165, 1.54) is 12.1 Å². The minimum atomic E-state index is -3.78. The van der Waals surface area contributed by atoms with Gasteiger partial charge in [-0.2, -0.15) is 0 Å². The maximum Gasteiger partial charge on any atom is 0.242 e. The van der Waals surface area contributed by atoms with Crippen LogP contribution >= 0.6 is 34.8 Å². The van der Waals surface area contributed by atoms with E-state index in [-0.39, 0.29) is 26.5 Å². The zero-order valence-corrected chi connectivity index (χ0v) is 13.1. The first-order valence-electron chi connectivity index (χ1n) is 5.43. The summed E-state index contributed by atoms with van der Waals surface area (Å²) in [6.07, 6.45) is 3.17. The van der Waals surface area contributed by atoms with Gasteiger partial charge in [-0.1, -0.05) is 40.9 Å². The van der Waals surface area contributed by atoms with E-state index in [2.05, 4.69) is 9.71 Å². The molecule has 0 amide bonds. The Morgan fingerprint density at radius 3 is 2.45 bits per heavy atom. The molecule has 0 radical (unpaired) electrons. The van der Waals surface area contributed by atoms with Gasteiger partial charge in [-0.3, -0.25) is 4.98 Å². The molecule has 1 aromatic carbocycles. The summed E-state index contributed by atoms with van der Waals surface area (Å²) in [7, 11) is -3.78. The summed E-state index contributed by atoms with van der Waals surface area (Å²) in [5.41, 5.74) is 0.729. The highest BCUT2D eigenvalue weighted by Crippen LogP contribution is 2.31. The predicted molar refractivity (Wildman–Crippen MR) is 79.7 cm³/mol. The van der Waals surface area contributed by atoms with Gasteiger partial charge in [-0.25, -0.2) is 13.1 Å². The van der Waals surface area contributed by atoms with Crippen molar-refractivity contribution in [3.8, 4) is 0 Å². The van der Waals surface area contributed by atoms with Gasteiger partial charge in [0.05, 0.1) is 15.1 Å². The van der Waals surface area contributed by atoms with Crippen LogP contribution in [0.5, 0.6) is 0 Å². The van der Waals surface area contributed by atoms with Gasteiger partial charge in [0.25, 0.3) is 0 Å². The number of hydrogen-bond acceptors (Lipinski definition) is 3. The third kappa shape index (κ3) is 3.62. The van der Waals surface area contributed by atoms with Crippen LogP contribution in [0.1, 0.15) is 5.56 Å². The molecule has 4 nitrogen and oxygen atoms in total. The van der Waals surface area contributed by atoms with Crippen LogP contribution in [-0.4, -0.2) is 13.4 Å². The van der Waals surface area contributed by atoms with Gasteiger partial charge in [-0.05, 0) is 23.8 Å². The standard InChI is InChI=1S/C12H9Cl3N2O2S/c13-9-4-11(15)12(5-10(9)14)20(18,19)17-7-8-2-1-3-16-6-8/h1-6,17H,7H2. The average Bonchev–Trinajstić information content (AvgIpc) is 2.42. The van der Waals surface area contributed by atoms with Gasteiger partial charge < -0.3 is 0 Å². The normalized spacial score (nSPS) is 11.6. The Kier molecular flexibility index (Phi) is 4.88. The highest BCUT2D eigenvalue weighted by atomic mass is 35.5. The quantitative estimate of drug-likeness (QED) is 0.857. The number of halogens is 3. The highest BCUT2D eigenvalue weighted by molar-refractivity contribution is 7.89. The molecule has 0 fully saturated rings. The second-order valence-electron chi connectivity index (χ2n) is 3.88. The summed E-state index contributed by atoms with van der Waals surface area (Å²) < 4.78 is 26.8. The molecule has 20 heavy (non-hydrogen) atoms. The molecule has 0 atom stereocenters. The van der Waals surface area contributed by atoms with Gasteiger partial charge in [0.15, 0.2) is 0 Å². The van der Waals surface area contributed by atoms with Crippen molar-refractivity contribution < 1.29 is 8.42 Å². The van der Waals surface area contributed by atoms with Crippen LogP contribution in [0, 0.1) is 0 Å². The summed E-state index contributed by atoms with van der Waals surface area (Å²) in [5, 5.41) is 0.332. The monoisotopic (exact) mass is 350 g/mol. The lowest BCUT2D eigenvalue weighted by atomic mass is 10.3. The molecule has 106 valence electrons. The first kappa shape index (κ1) is 15.5. The third-order valence-corrected chi connectivity index (χ3v) is 5.04. The summed E-state index contributed by atoms with van der Waals surface area (Å²) in [6, 6.07) is 5.99. The summed E-state index contributed by atoms with van der Waals surface area (Å²) in [4.78, 5) is 3.79. The zero-order valence-electron chi connectivity index (χ0n) is 9.98. The maximum atomic E-state index is 12.2. The van der Waals surface area contributed by atoms with Crippen LogP contribution < -0.4 is 4.72 Å². The third-order valence-electron chi connectivity index (χ3n) is 2.45. The van der Waals surface area contributed by atoms with E-state index in [0.29, 0.717) is 0 Å². The summed E-state index contributed by atoms with van der Waals surface area (Å²) >= 11 is 17.5. The number of sulfonamides is 1. The fourth-order valence-corrected chi connectivity index (χ4v) is 3.49. The van der Waals surface area contributed by atoms with Gasteiger partial charge in [0.1, 0.15) is 4.90 Å². The van der Waals surface area contributed by atoms with Gasteiger partial charge >= 0.3 is 0 Å². The molecule has 0 saturated heterocycles. The number of aromatic nitrogens is 1. The van der Waals surface area contributed by atoms with Crippen molar-refractivity contribution >= 4 is 44.8 Å². The molecule has 8 heteroatoms. The number of benzene rings is 1. The molecule has 0 aliphatic carbocycles. The van der Waals surface area contributed by atoms with Crippen molar-refractivity contribution in [1.82, 2.24) is 9.71 Å². The molecule has 2 aromatic rings. The molecule has 2 rings (SSSR count). The van der Waals surface area contributed by atoms with Gasteiger partial charge in [-0.15, -0.1) is 0 Å². The lowest BCUT2D eigenvalue weighted by Crippen LogP contribution is -2.23. The Morgan fingerprint density at radius 1 is 1.10 bits per heavy atom. The minimum absolute atomic E-state index is 0.0121. The maximum absolute atomic E-state index is 12.2. The van der Waals surface area contributed by atoms with Crippen LogP contribution in [0.4, 0.5) is 0 Å². The van der Waals surface area contributed by atoms with Crippen LogP contribution in [0.2, 0.25) is 15.1 Å². The van der Waals surface area contributed by atoms with Crippen LogP contribution in [0.15, 0.2) is 41.6 Å². The Bertz CT molecular complexity index is 721. The minimum Gasteiger partial charge on any atom is -0.264 e. The van der Waals surface area contributed by atoms with Crippen molar-refractivity contribution in [3.63, 3.8) is 0 Å².